The van der Waals surface area contributed by atoms with E-state index in [1.807, 2.05) is 4.90 Å². The fraction of sp³-hybridized carbons (Fsp3) is 0.414. The van der Waals surface area contributed by atoms with Gasteiger partial charge in [0.2, 0.25) is 0 Å². The number of nitriles is 1. The lowest BCUT2D eigenvalue weighted by Crippen LogP contribution is -2.32. The van der Waals surface area contributed by atoms with Gasteiger partial charge in [-0.15, -0.1) is 0 Å². The maximum atomic E-state index is 14.3. The fourth-order valence-corrected chi connectivity index (χ4v) is 5.32. The first-order valence-corrected chi connectivity index (χ1v) is 13.2. The summed E-state index contributed by atoms with van der Waals surface area (Å²) in [6, 6.07) is 11.1. The minimum Gasteiger partial charge on any atom is -0.497 e. The highest BCUT2D eigenvalue weighted by Crippen LogP contribution is 2.39. The number of anilines is 2. The second-order valence-corrected chi connectivity index (χ2v) is 9.53. The Balaban J connectivity index is 0.00000189. The van der Waals surface area contributed by atoms with E-state index in [4.69, 9.17) is 19.8 Å². The highest BCUT2D eigenvalue weighted by atomic mass is 19.4. The van der Waals surface area contributed by atoms with E-state index in [0.717, 1.165) is 43.8 Å². The molecule has 0 radical (unpaired) electrons. The molecule has 0 spiro atoms. The SMILES string of the molecule is CO.COc1cc(OC)cc(-c2nn(-c3cc(N4CCCC4)ccc3C(F)(F)F)c(=O)c3c2CCN3CCC#N)c1. The number of ether oxygens (including phenoxy) is 2. The van der Waals surface area contributed by atoms with Gasteiger partial charge in [-0.05, 0) is 49.6 Å². The summed E-state index contributed by atoms with van der Waals surface area (Å²) in [5.74, 6) is 0.952. The number of aromatic nitrogens is 2. The number of benzene rings is 2. The molecule has 3 aromatic rings. The molecule has 1 fully saturated rings. The van der Waals surface area contributed by atoms with Crippen LogP contribution in [0.5, 0.6) is 11.5 Å². The molecule has 12 heteroatoms. The lowest BCUT2D eigenvalue weighted by molar-refractivity contribution is -0.137. The van der Waals surface area contributed by atoms with Crippen molar-refractivity contribution in [2.45, 2.75) is 31.9 Å². The van der Waals surface area contributed by atoms with Gasteiger partial charge >= 0.3 is 6.18 Å². The molecule has 1 aromatic heterocycles. The molecule has 0 aliphatic carbocycles. The number of alkyl halides is 3. The Kier molecular flexibility index (Phi) is 9.08. The van der Waals surface area contributed by atoms with Crippen LogP contribution in [0.25, 0.3) is 16.9 Å². The molecular formula is C29H32F3N5O4. The molecule has 0 unspecified atom stereocenters. The van der Waals surface area contributed by atoms with Crippen LogP contribution in [0.1, 0.15) is 30.4 Å². The first-order valence-electron chi connectivity index (χ1n) is 13.2. The largest absolute Gasteiger partial charge is 0.497 e. The number of aliphatic hydroxyl groups is 1. The summed E-state index contributed by atoms with van der Waals surface area (Å²) in [5, 5.41) is 20.7. The predicted molar refractivity (Wildman–Crippen MR) is 149 cm³/mol. The van der Waals surface area contributed by atoms with Crippen molar-refractivity contribution >= 4 is 11.4 Å². The summed E-state index contributed by atoms with van der Waals surface area (Å²) in [6.07, 6.45) is -2.19. The maximum absolute atomic E-state index is 14.3. The quantitative estimate of drug-likeness (QED) is 0.445. The number of rotatable bonds is 7. The first kappa shape index (κ1) is 29.7. The molecule has 218 valence electrons. The van der Waals surface area contributed by atoms with Crippen LogP contribution < -0.4 is 24.8 Å². The third kappa shape index (κ3) is 5.95. The third-order valence-corrected chi connectivity index (χ3v) is 7.22. The van der Waals surface area contributed by atoms with Gasteiger partial charge in [-0.3, -0.25) is 4.79 Å². The van der Waals surface area contributed by atoms with Gasteiger partial charge in [0.05, 0.1) is 43.7 Å². The van der Waals surface area contributed by atoms with Crippen LogP contribution in [0, 0.1) is 11.3 Å². The average Bonchev–Trinajstić information content (AvgIpc) is 3.67. The Morgan fingerprint density at radius 2 is 1.68 bits per heavy atom. The van der Waals surface area contributed by atoms with E-state index < -0.39 is 17.3 Å². The molecule has 0 saturated carbocycles. The molecule has 2 aliphatic rings. The zero-order valence-corrected chi connectivity index (χ0v) is 23.2. The average molecular weight is 572 g/mol. The summed E-state index contributed by atoms with van der Waals surface area (Å²) in [7, 11) is 4.00. The third-order valence-electron chi connectivity index (χ3n) is 7.22. The lowest BCUT2D eigenvalue weighted by atomic mass is 10.0. The molecule has 0 bridgehead atoms. The number of hydrogen-bond donors (Lipinski definition) is 1. The maximum Gasteiger partial charge on any atom is 0.418 e. The van der Waals surface area contributed by atoms with Crippen molar-refractivity contribution in [3.63, 3.8) is 0 Å². The van der Waals surface area contributed by atoms with Gasteiger partial charge in [-0.25, -0.2) is 0 Å². The molecular weight excluding hydrogens is 539 g/mol. The second-order valence-electron chi connectivity index (χ2n) is 9.53. The minimum atomic E-state index is -4.71. The zero-order valence-electron chi connectivity index (χ0n) is 23.2. The summed E-state index contributed by atoms with van der Waals surface area (Å²) < 4.78 is 54.5. The normalized spacial score (nSPS) is 14.3. The van der Waals surface area contributed by atoms with Gasteiger partial charge < -0.3 is 24.4 Å². The van der Waals surface area contributed by atoms with Crippen LogP contribution in [-0.4, -0.2) is 62.4 Å². The van der Waals surface area contributed by atoms with Gasteiger partial charge in [0.1, 0.15) is 17.2 Å². The molecule has 1 N–H and O–H groups in total. The van der Waals surface area contributed by atoms with Gasteiger partial charge in [-0.1, -0.05) is 0 Å². The second kappa shape index (κ2) is 12.5. The van der Waals surface area contributed by atoms with Crippen molar-refractivity contribution < 1.29 is 27.8 Å². The topological polar surface area (TPSA) is 104 Å². The number of halogens is 3. The molecule has 5 rings (SSSR count). The molecule has 0 amide bonds. The summed E-state index contributed by atoms with van der Waals surface area (Å²) >= 11 is 0. The Morgan fingerprint density at radius 3 is 2.27 bits per heavy atom. The summed E-state index contributed by atoms with van der Waals surface area (Å²) in [5.41, 5.74) is 0.464. The standard InChI is InChI=1S/C28H28F3N5O3.CH4O/c1-38-20-14-18(15-21(17-20)39-2)25-22-8-13-35(12-5-9-32)26(22)27(37)36(33-25)24-16-19(34-10-3-4-11-34)6-7-23(24)28(29,30)31;1-2/h6-7,14-17H,3-5,8,10-13H2,1-2H3;2H,1H3. The van der Waals surface area contributed by atoms with E-state index in [0.29, 0.717) is 47.0 Å². The van der Waals surface area contributed by atoms with Crippen LogP contribution in [0.15, 0.2) is 41.2 Å². The zero-order chi connectivity index (χ0) is 29.7. The Labute approximate surface area is 235 Å². The highest BCUT2D eigenvalue weighted by Gasteiger charge is 2.37. The van der Waals surface area contributed by atoms with Crippen LogP contribution in [-0.2, 0) is 12.6 Å². The van der Waals surface area contributed by atoms with Crippen molar-refractivity contribution in [1.29, 1.82) is 5.26 Å². The molecule has 2 aromatic carbocycles. The Hall–Kier alpha value is -4.24. The number of hydrogen-bond acceptors (Lipinski definition) is 8. The lowest BCUT2D eigenvalue weighted by Gasteiger charge is -2.23. The summed E-state index contributed by atoms with van der Waals surface area (Å²) in [6.45, 7) is 2.19. The van der Waals surface area contributed by atoms with Crippen LogP contribution in [0.2, 0.25) is 0 Å². The smallest absolute Gasteiger partial charge is 0.418 e. The van der Waals surface area contributed by atoms with Crippen LogP contribution in [0.3, 0.4) is 0 Å². The van der Waals surface area contributed by atoms with Crippen molar-refractivity contribution in [2.24, 2.45) is 0 Å². The van der Waals surface area contributed by atoms with Gasteiger partial charge in [0.25, 0.3) is 5.56 Å². The Morgan fingerprint density at radius 1 is 1.02 bits per heavy atom. The fourth-order valence-electron chi connectivity index (χ4n) is 5.32. The van der Waals surface area contributed by atoms with Crippen molar-refractivity contribution in [3.8, 4) is 34.5 Å². The molecule has 41 heavy (non-hydrogen) atoms. The number of fused-ring (bicyclic) bond motifs is 1. The van der Waals surface area contributed by atoms with Gasteiger partial charge in [0.15, 0.2) is 0 Å². The van der Waals surface area contributed by atoms with Crippen molar-refractivity contribution in [1.82, 2.24) is 9.78 Å². The minimum absolute atomic E-state index is 0.168. The molecule has 3 heterocycles. The number of aliphatic hydroxyl groups excluding tert-OH is 1. The molecule has 1 saturated heterocycles. The van der Waals surface area contributed by atoms with Crippen LogP contribution in [0.4, 0.5) is 24.5 Å². The molecule has 9 nitrogen and oxygen atoms in total. The number of nitrogens with zero attached hydrogens (tertiary/aromatic N) is 5. The molecule has 2 aliphatic heterocycles. The van der Waals surface area contributed by atoms with E-state index in [1.54, 1.807) is 23.1 Å². The number of methoxy groups -OCH3 is 2. The van der Waals surface area contributed by atoms with E-state index in [9.17, 15) is 18.0 Å². The Bertz CT molecular complexity index is 1470. The van der Waals surface area contributed by atoms with Gasteiger partial charge in [0, 0.05) is 56.2 Å². The monoisotopic (exact) mass is 571 g/mol. The van der Waals surface area contributed by atoms with E-state index in [-0.39, 0.29) is 24.3 Å². The van der Waals surface area contributed by atoms with E-state index >= 15 is 0 Å². The van der Waals surface area contributed by atoms with Crippen LogP contribution >= 0.6 is 0 Å². The van der Waals surface area contributed by atoms with Crippen molar-refractivity contribution in [3.05, 3.63) is 57.9 Å². The van der Waals surface area contributed by atoms with Gasteiger partial charge in [-0.2, -0.15) is 28.2 Å². The molecule has 0 atom stereocenters. The van der Waals surface area contributed by atoms with E-state index in [2.05, 4.69) is 11.2 Å². The first-order chi connectivity index (χ1) is 19.7. The highest BCUT2D eigenvalue weighted by molar-refractivity contribution is 5.75. The van der Waals surface area contributed by atoms with E-state index in [1.165, 1.54) is 26.4 Å². The van der Waals surface area contributed by atoms with Crippen molar-refractivity contribution in [2.75, 3.05) is 57.3 Å². The summed E-state index contributed by atoms with van der Waals surface area (Å²) in [4.78, 5) is 17.7. The predicted octanol–water partition coefficient (Wildman–Crippen LogP) is 4.42.